The van der Waals surface area contributed by atoms with Gasteiger partial charge in [-0.3, -0.25) is 0 Å². The lowest BCUT2D eigenvalue weighted by molar-refractivity contribution is 0.280. The highest BCUT2D eigenvalue weighted by atomic mass is 16.5. The second-order valence-electron chi connectivity index (χ2n) is 3.70. The number of nitrogens with two attached hydrogens (primary N) is 1. The lowest BCUT2D eigenvalue weighted by Crippen LogP contribution is -2.11. The molecule has 0 amide bonds. The predicted molar refractivity (Wildman–Crippen MR) is 61.0 cm³/mol. The van der Waals surface area contributed by atoms with Gasteiger partial charge in [0.25, 0.3) is 0 Å². The molecule has 15 heavy (non-hydrogen) atoms. The molecule has 1 aromatic rings. The van der Waals surface area contributed by atoms with Crippen molar-refractivity contribution >= 4 is 0 Å². The Morgan fingerprint density at radius 1 is 1.47 bits per heavy atom. The summed E-state index contributed by atoms with van der Waals surface area (Å²) in [7, 11) is 1.66. The van der Waals surface area contributed by atoms with E-state index in [0.29, 0.717) is 0 Å². The van der Waals surface area contributed by atoms with Gasteiger partial charge in [-0.2, -0.15) is 0 Å². The summed E-state index contributed by atoms with van der Waals surface area (Å²) >= 11 is 0. The van der Waals surface area contributed by atoms with Gasteiger partial charge in [-0.15, -0.1) is 0 Å². The van der Waals surface area contributed by atoms with Gasteiger partial charge >= 0.3 is 0 Å². The van der Waals surface area contributed by atoms with Crippen molar-refractivity contribution < 1.29 is 9.84 Å². The minimum Gasteiger partial charge on any atom is -0.496 e. The van der Waals surface area contributed by atoms with Crippen molar-refractivity contribution in [1.82, 2.24) is 0 Å². The van der Waals surface area contributed by atoms with E-state index in [2.05, 4.69) is 0 Å². The van der Waals surface area contributed by atoms with Crippen LogP contribution in [-0.4, -0.2) is 18.8 Å². The summed E-state index contributed by atoms with van der Waals surface area (Å²) in [5.74, 6) is 0.868. The first-order valence-electron chi connectivity index (χ1n) is 5.20. The lowest BCUT2D eigenvalue weighted by atomic mass is 10.0. The Morgan fingerprint density at radius 2 is 2.20 bits per heavy atom. The van der Waals surface area contributed by atoms with E-state index in [0.717, 1.165) is 29.7 Å². The molecule has 0 saturated carbocycles. The summed E-state index contributed by atoms with van der Waals surface area (Å²) in [6, 6.07) is 5.97. The highest BCUT2D eigenvalue weighted by molar-refractivity contribution is 5.37. The summed E-state index contributed by atoms with van der Waals surface area (Å²) in [6.07, 6.45) is 1.53. The number of aryl methyl sites for hydroxylation is 1. The van der Waals surface area contributed by atoms with Gasteiger partial charge in [0.05, 0.1) is 7.11 Å². The number of hydrogen-bond acceptors (Lipinski definition) is 3. The molecule has 84 valence electrons. The largest absolute Gasteiger partial charge is 0.496 e. The number of benzene rings is 1. The Hall–Kier alpha value is -1.06. The van der Waals surface area contributed by atoms with E-state index >= 15 is 0 Å². The molecule has 0 bridgehead atoms. The van der Waals surface area contributed by atoms with E-state index in [9.17, 15) is 0 Å². The third kappa shape index (κ3) is 3.22. The van der Waals surface area contributed by atoms with Crippen LogP contribution in [0.15, 0.2) is 18.2 Å². The first-order valence-corrected chi connectivity index (χ1v) is 5.20. The molecule has 0 spiro atoms. The van der Waals surface area contributed by atoms with Crippen LogP contribution in [0, 0.1) is 6.92 Å². The maximum Gasteiger partial charge on any atom is 0.122 e. The van der Waals surface area contributed by atoms with Crippen molar-refractivity contribution in [3.05, 3.63) is 29.3 Å². The second-order valence-corrected chi connectivity index (χ2v) is 3.70. The molecule has 0 heterocycles. The van der Waals surface area contributed by atoms with Crippen LogP contribution in [0.4, 0.5) is 0 Å². The Kier molecular flexibility index (Phi) is 4.59. The number of rotatable bonds is 5. The molecule has 0 aliphatic carbocycles. The van der Waals surface area contributed by atoms with Gasteiger partial charge in [-0.25, -0.2) is 0 Å². The second kappa shape index (κ2) is 5.73. The van der Waals surface area contributed by atoms with Crippen LogP contribution in [0.3, 0.4) is 0 Å². The normalized spacial score (nSPS) is 12.5. The SMILES string of the molecule is COc1cc([C@@H](N)CCCO)ccc1C. The number of aliphatic hydroxyl groups is 1. The zero-order chi connectivity index (χ0) is 11.3. The summed E-state index contributed by atoms with van der Waals surface area (Å²) in [5.41, 5.74) is 8.16. The van der Waals surface area contributed by atoms with Gasteiger partial charge in [-0.05, 0) is 37.0 Å². The van der Waals surface area contributed by atoms with E-state index < -0.39 is 0 Å². The maximum atomic E-state index is 8.73. The molecule has 0 saturated heterocycles. The van der Waals surface area contributed by atoms with Crippen LogP contribution in [-0.2, 0) is 0 Å². The van der Waals surface area contributed by atoms with Crippen LogP contribution >= 0.6 is 0 Å². The Bertz CT molecular complexity index is 312. The topological polar surface area (TPSA) is 55.5 Å². The molecule has 3 heteroatoms. The van der Waals surface area contributed by atoms with Crippen molar-refractivity contribution in [3.63, 3.8) is 0 Å². The van der Waals surface area contributed by atoms with Gasteiger partial charge in [0, 0.05) is 12.6 Å². The van der Waals surface area contributed by atoms with Crippen LogP contribution in [0.5, 0.6) is 5.75 Å². The van der Waals surface area contributed by atoms with E-state index in [4.69, 9.17) is 15.6 Å². The fourth-order valence-electron chi connectivity index (χ4n) is 1.55. The van der Waals surface area contributed by atoms with Gasteiger partial charge in [-0.1, -0.05) is 12.1 Å². The fraction of sp³-hybridized carbons (Fsp3) is 0.500. The number of aliphatic hydroxyl groups excluding tert-OH is 1. The molecule has 0 aromatic heterocycles. The Morgan fingerprint density at radius 3 is 2.80 bits per heavy atom. The first kappa shape index (κ1) is 12.0. The summed E-state index contributed by atoms with van der Waals surface area (Å²) in [5, 5.41) is 8.73. The van der Waals surface area contributed by atoms with Crippen LogP contribution in [0.25, 0.3) is 0 Å². The highest BCUT2D eigenvalue weighted by Crippen LogP contribution is 2.24. The molecule has 1 atom stereocenters. The molecule has 1 aromatic carbocycles. The van der Waals surface area contributed by atoms with E-state index in [-0.39, 0.29) is 12.6 Å². The Balaban J connectivity index is 2.76. The minimum atomic E-state index is -0.0216. The number of ether oxygens (including phenoxy) is 1. The summed E-state index contributed by atoms with van der Waals surface area (Å²) in [6.45, 7) is 2.19. The summed E-state index contributed by atoms with van der Waals surface area (Å²) in [4.78, 5) is 0. The van der Waals surface area contributed by atoms with Gasteiger partial charge < -0.3 is 15.6 Å². The zero-order valence-corrected chi connectivity index (χ0v) is 9.36. The van der Waals surface area contributed by atoms with Gasteiger partial charge in [0.1, 0.15) is 5.75 Å². The van der Waals surface area contributed by atoms with Crippen molar-refractivity contribution in [2.45, 2.75) is 25.8 Å². The van der Waals surface area contributed by atoms with Crippen molar-refractivity contribution in [3.8, 4) is 5.75 Å². The molecular weight excluding hydrogens is 190 g/mol. The smallest absolute Gasteiger partial charge is 0.122 e. The predicted octanol–water partition coefficient (Wildman–Crippen LogP) is 1.78. The molecule has 3 N–H and O–H groups in total. The molecular formula is C12H19NO2. The summed E-state index contributed by atoms with van der Waals surface area (Å²) < 4.78 is 5.24. The number of methoxy groups -OCH3 is 1. The molecule has 0 aliphatic heterocycles. The van der Waals surface area contributed by atoms with E-state index in [1.165, 1.54) is 0 Å². The average molecular weight is 209 g/mol. The average Bonchev–Trinajstić information content (AvgIpc) is 2.26. The minimum absolute atomic E-state index is 0.0216. The zero-order valence-electron chi connectivity index (χ0n) is 9.36. The van der Waals surface area contributed by atoms with Crippen LogP contribution in [0.2, 0.25) is 0 Å². The van der Waals surface area contributed by atoms with E-state index in [1.807, 2.05) is 25.1 Å². The van der Waals surface area contributed by atoms with Gasteiger partial charge in [0.15, 0.2) is 0 Å². The molecule has 0 unspecified atom stereocenters. The quantitative estimate of drug-likeness (QED) is 0.777. The Labute approximate surface area is 90.9 Å². The first-order chi connectivity index (χ1) is 7.19. The molecule has 0 aliphatic rings. The number of hydrogen-bond donors (Lipinski definition) is 2. The van der Waals surface area contributed by atoms with Gasteiger partial charge in [0.2, 0.25) is 0 Å². The third-order valence-electron chi connectivity index (χ3n) is 2.53. The van der Waals surface area contributed by atoms with Crippen molar-refractivity contribution in [2.24, 2.45) is 5.73 Å². The molecule has 1 rings (SSSR count). The maximum absolute atomic E-state index is 8.73. The van der Waals surface area contributed by atoms with Crippen LogP contribution in [0.1, 0.15) is 30.0 Å². The molecule has 3 nitrogen and oxygen atoms in total. The molecule has 0 fully saturated rings. The third-order valence-corrected chi connectivity index (χ3v) is 2.53. The van der Waals surface area contributed by atoms with Crippen molar-refractivity contribution in [2.75, 3.05) is 13.7 Å². The van der Waals surface area contributed by atoms with Crippen LogP contribution < -0.4 is 10.5 Å². The van der Waals surface area contributed by atoms with Crippen molar-refractivity contribution in [1.29, 1.82) is 0 Å². The molecule has 0 radical (unpaired) electrons. The standard InChI is InChI=1S/C12H19NO2/c1-9-5-6-10(8-12(9)15-2)11(13)4-3-7-14/h5-6,8,11,14H,3-4,7,13H2,1-2H3/t11-/m0/s1. The highest BCUT2D eigenvalue weighted by Gasteiger charge is 2.07. The lowest BCUT2D eigenvalue weighted by Gasteiger charge is -2.13. The fourth-order valence-corrected chi connectivity index (χ4v) is 1.55. The van der Waals surface area contributed by atoms with E-state index in [1.54, 1.807) is 7.11 Å². The monoisotopic (exact) mass is 209 g/mol.